The molecule has 0 aliphatic heterocycles. The van der Waals surface area contributed by atoms with Crippen LogP contribution in [0.25, 0.3) is 6.08 Å². The van der Waals surface area contributed by atoms with Gasteiger partial charge in [-0.25, -0.2) is 13.2 Å². The van der Waals surface area contributed by atoms with Crippen LogP contribution in [0.5, 0.6) is 11.5 Å². The van der Waals surface area contributed by atoms with Gasteiger partial charge in [0.2, 0.25) is 0 Å². The molecule has 0 aliphatic rings. The number of rotatable bonds is 10. The zero-order chi connectivity index (χ0) is 31.3. The molecule has 0 aromatic heterocycles. The maximum absolute atomic E-state index is 13.1. The van der Waals surface area contributed by atoms with Gasteiger partial charge in [-0.2, -0.15) is 0 Å². The SMILES string of the molecule is CS(=O)(=O)c1cccc(C[C@H](NC(=O)c2c(Cl)cc(/C=C/P(c3cccc(O)c3)c3cccc(O)c3)cc2Cl)C(=O)O)c1. The lowest BCUT2D eigenvalue weighted by Gasteiger charge is -2.17. The van der Waals surface area contributed by atoms with Crippen molar-refractivity contribution in [2.24, 2.45) is 0 Å². The Morgan fingerprint density at radius 2 is 1.44 bits per heavy atom. The third-order valence-corrected chi connectivity index (χ3v) is 10.1. The molecular weight excluding hydrogens is 632 g/mol. The predicted molar refractivity (Wildman–Crippen MR) is 170 cm³/mol. The van der Waals surface area contributed by atoms with E-state index in [-0.39, 0.29) is 38.4 Å². The summed E-state index contributed by atoms with van der Waals surface area (Å²) in [4.78, 5) is 25.1. The number of carbonyl (C=O) groups is 2. The quantitative estimate of drug-likeness (QED) is 0.169. The van der Waals surface area contributed by atoms with E-state index in [1.165, 1.54) is 30.3 Å². The fraction of sp³-hybridized carbons (Fsp3) is 0.0968. The van der Waals surface area contributed by atoms with Crippen LogP contribution in [-0.2, 0) is 21.1 Å². The van der Waals surface area contributed by atoms with Gasteiger partial charge in [0.1, 0.15) is 17.5 Å². The topological polar surface area (TPSA) is 141 Å². The number of halogens is 2. The molecule has 1 amide bonds. The number of nitrogens with one attached hydrogen (secondary N) is 1. The second kappa shape index (κ2) is 13.6. The molecule has 0 fully saturated rings. The molecule has 8 nitrogen and oxygen atoms in total. The van der Waals surface area contributed by atoms with Gasteiger partial charge in [-0.1, -0.05) is 71.5 Å². The lowest BCUT2D eigenvalue weighted by Crippen LogP contribution is -2.42. The van der Waals surface area contributed by atoms with Gasteiger partial charge in [-0.15, -0.1) is 0 Å². The highest BCUT2D eigenvalue weighted by molar-refractivity contribution is 7.90. The third-order valence-electron chi connectivity index (χ3n) is 6.29. The first-order valence-corrected chi connectivity index (χ1v) is 16.7. The molecule has 222 valence electrons. The van der Waals surface area contributed by atoms with Gasteiger partial charge in [-0.05, 0) is 78.2 Å². The number of hydrogen-bond donors (Lipinski definition) is 4. The van der Waals surface area contributed by atoms with E-state index in [9.17, 15) is 33.3 Å². The maximum atomic E-state index is 13.1. The smallest absolute Gasteiger partial charge is 0.326 e. The van der Waals surface area contributed by atoms with Crippen LogP contribution in [0.3, 0.4) is 0 Å². The lowest BCUT2D eigenvalue weighted by molar-refractivity contribution is -0.139. The second-order valence-corrected chi connectivity index (χ2v) is 14.5. The second-order valence-electron chi connectivity index (χ2n) is 9.57. The maximum Gasteiger partial charge on any atom is 0.326 e. The first-order chi connectivity index (χ1) is 20.3. The molecule has 1 atom stereocenters. The fourth-order valence-electron chi connectivity index (χ4n) is 4.24. The molecule has 4 aromatic rings. The van der Waals surface area contributed by atoms with Crippen LogP contribution in [0.15, 0.2) is 95.6 Å². The van der Waals surface area contributed by atoms with Crippen molar-refractivity contribution in [3.8, 4) is 11.5 Å². The Morgan fingerprint density at radius 1 is 0.884 bits per heavy atom. The summed E-state index contributed by atoms with van der Waals surface area (Å²) in [6.07, 6.45) is 2.63. The highest BCUT2D eigenvalue weighted by Gasteiger charge is 2.25. The van der Waals surface area contributed by atoms with Gasteiger partial charge in [0.15, 0.2) is 9.84 Å². The van der Waals surface area contributed by atoms with Crippen LogP contribution < -0.4 is 15.9 Å². The summed E-state index contributed by atoms with van der Waals surface area (Å²) in [5.74, 6) is -0.0345. The van der Waals surface area contributed by atoms with Crippen molar-refractivity contribution in [2.45, 2.75) is 17.4 Å². The molecule has 0 heterocycles. The lowest BCUT2D eigenvalue weighted by atomic mass is 10.0. The van der Waals surface area contributed by atoms with E-state index in [1.807, 2.05) is 17.9 Å². The standard InChI is InChI=1S/C31H26Cl2NO7PS/c1-43(40,41)25-10-2-5-19(13-25)16-28(31(38)39)34-30(37)29-26(32)14-20(15-27(29)33)11-12-42(23-8-3-6-21(35)17-23)24-9-4-7-22(36)18-24/h2-15,17-18,28,35-36H,16H2,1H3,(H,34,37)(H,38,39)/b12-11+/t28-/m0/s1. The van der Waals surface area contributed by atoms with E-state index in [0.29, 0.717) is 11.1 Å². The minimum Gasteiger partial charge on any atom is -0.508 e. The number of phenols is 2. The number of phenolic OH excluding ortho intramolecular Hbond substituents is 2. The Hall–Kier alpha value is -3.88. The van der Waals surface area contributed by atoms with Gasteiger partial charge >= 0.3 is 5.97 Å². The summed E-state index contributed by atoms with van der Waals surface area (Å²) in [5, 5.41) is 33.9. The van der Waals surface area contributed by atoms with Crippen molar-refractivity contribution >= 4 is 69.5 Å². The monoisotopic (exact) mass is 657 g/mol. The minimum absolute atomic E-state index is 0.00750. The summed E-state index contributed by atoms with van der Waals surface area (Å²) < 4.78 is 23.8. The highest BCUT2D eigenvalue weighted by atomic mass is 35.5. The van der Waals surface area contributed by atoms with Crippen LogP contribution in [0.1, 0.15) is 21.5 Å². The number of hydrogen-bond acceptors (Lipinski definition) is 6. The van der Waals surface area contributed by atoms with Crippen LogP contribution in [0, 0.1) is 0 Å². The van der Waals surface area contributed by atoms with Crippen molar-refractivity contribution in [3.05, 3.63) is 117 Å². The van der Waals surface area contributed by atoms with E-state index >= 15 is 0 Å². The normalized spacial score (nSPS) is 12.4. The summed E-state index contributed by atoms with van der Waals surface area (Å²) in [6, 6.07) is 21.1. The van der Waals surface area contributed by atoms with E-state index < -0.39 is 35.7 Å². The fourth-order valence-corrected chi connectivity index (χ4v) is 7.61. The average molecular weight is 658 g/mol. The molecule has 0 saturated heterocycles. The number of benzene rings is 4. The summed E-state index contributed by atoms with van der Waals surface area (Å²) >= 11 is 12.9. The third kappa shape index (κ3) is 8.36. The molecule has 4 rings (SSSR count). The van der Waals surface area contributed by atoms with Crippen LogP contribution in [0.4, 0.5) is 0 Å². The molecule has 12 heteroatoms. The molecule has 0 aliphatic carbocycles. The molecule has 0 radical (unpaired) electrons. The van der Waals surface area contributed by atoms with Gasteiger partial charge in [0.05, 0.1) is 20.5 Å². The molecule has 43 heavy (non-hydrogen) atoms. The van der Waals surface area contributed by atoms with Crippen molar-refractivity contribution in [1.82, 2.24) is 5.32 Å². The van der Waals surface area contributed by atoms with Gasteiger partial charge in [0.25, 0.3) is 5.91 Å². The highest BCUT2D eigenvalue weighted by Crippen LogP contribution is 2.38. The zero-order valence-corrected chi connectivity index (χ0v) is 25.8. The Balaban J connectivity index is 1.58. The van der Waals surface area contributed by atoms with E-state index in [4.69, 9.17) is 23.2 Å². The van der Waals surface area contributed by atoms with Crippen molar-refractivity contribution < 1.29 is 33.3 Å². The first-order valence-electron chi connectivity index (χ1n) is 12.7. The van der Waals surface area contributed by atoms with Crippen molar-refractivity contribution in [3.63, 3.8) is 0 Å². The molecule has 4 aromatic carbocycles. The van der Waals surface area contributed by atoms with Crippen LogP contribution in [0.2, 0.25) is 10.0 Å². The number of carboxylic acids is 1. The van der Waals surface area contributed by atoms with Crippen LogP contribution >= 0.6 is 31.1 Å². The Labute approximate surface area is 259 Å². The van der Waals surface area contributed by atoms with Crippen molar-refractivity contribution in [2.75, 3.05) is 6.26 Å². The predicted octanol–water partition coefficient (Wildman–Crippen LogP) is 5.34. The van der Waals surface area contributed by atoms with Gasteiger partial charge < -0.3 is 20.6 Å². The molecule has 0 bridgehead atoms. The summed E-state index contributed by atoms with van der Waals surface area (Å²) in [6.45, 7) is 0. The Morgan fingerprint density at radius 3 is 1.95 bits per heavy atom. The van der Waals surface area contributed by atoms with Crippen LogP contribution in [-0.4, -0.2) is 47.9 Å². The van der Waals surface area contributed by atoms with Gasteiger partial charge in [0, 0.05) is 12.7 Å². The van der Waals surface area contributed by atoms with E-state index in [1.54, 1.807) is 48.5 Å². The Bertz CT molecular complexity index is 1760. The summed E-state index contributed by atoms with van der Waals surface area (Å²) in [7, 11) is -4.67. The van der Waals surface area contributed by atoms with E-state index in [2.05, 4.69) is 5.32 Å². The number of aliphatic carboxylic acids is 1. The molecule has 0 spiro atoms. The zero-order valence-electron chi connectivity index (χ0n) is 22.6. The van der Waals surface area contributed by atoms with E-state index in [0.717, 1.165) is 16.9 Å². The average Bonchev–Trinajstić information content (AvgIpc) is 2.92. The molecule has 4 N–H and O–H groups in total. The van der Waals surface area contributed by atoms with Gasteiger partial charge in [-0.3, -0.25) is 4.79 Å². The number of sulfone groups is 1. The van der Waals surface area contributed by atoms with Crippen molar-refractivity contribution in [1.29, 1.82) is 0 Å². The largest absolute Gasteiger partial charge is 0.508 e. The number of amides is 1. The number of aromatic hydroxyl groups is 2. The molecule has 0 saturated carbocycles. The Kier molecular flexibility index (Phi) is 10.1. The number of carboxylic acid groups (broad SMARTS) is 1. The first kappa shape index (κ1) is 32.0. The number of carbonyl (C=O) groups excluding carboxylic acids is 1. The molecule has 0 unspecified atom stereocenters. The minimum atomic E-state index is -3.50. The summed E-state index contributed by atoms with van der Waals surface area (Å²) in [5.41, 5.74) is 0.856. The molecular formula is C31H26Cl2NO7PS.